The molecular formula is C14H17BFIO. The summed E-state index contributed by atoms with van der Waals surface area (Å²) in [5, 5.41) is 0. The Balaban J connectivity index is 3.64. The quantitative estimate of drug-likeness (QED) is 0.589. The van der Waals surface area contributed by atoms with Gasteiger partial charge in [0, 0.05) is 12.5 Å². The SMILES string of the molecule is [B]c1c(C)c(C)c(C)c(OC(C)F)c1/C(C)=C\I. The summed E-state index contributed by atoms with van der Waals surface area (Å²) < 4.78 is 20.4. The number of benzene rings is 1. The van der Waals surface area contributed by atoms with Crippen molar-refractivity contribution in [1.29, 1.82) is 0 Å². The highest BCUT2D eigenvalue weighted by Crippen LogP contribution is 2.33. The van der Waals surface area contributed by atoms with Crippen LogP contribution in [0.25, 0.3) is 5.57 Å². The summed E-state index contributed by atoms with van der Waals surface area (Å²) in [4.78, 5) is 0. The molecule has 1 atom stereocenters. The van der Waals surface area contributed by atoms with E-state index < -0.39 is 6.36 Å². The maximum atomic E-state index is 13.2. The standard InChI is InChI=1S/C14H17BFIO/c1-7(6-17)12-13(15)9(3)8(2)10(4)14(12)18-11(5)16/h6,11H,1-5H3/b7-6-. The highest BCUT2D eigenvalue weighted by atomic mass is 127. The van der Waals surface area contributed by atoms with Crippen LogP contribution >= 0.6 is 22.6 Å². The summed E-state index contributed by atoms with van der Waals surface area (Å²) in [5.41, 5.74) is 5.47. The van der Waals surface area contributed by atoms with Gasteiger partial charge in [-0.3, -0.25) is 0 Å². The van der Waals surface area contributed by atoms with Gasteiger partial charge in [0.2, 0.25) is 6.36 Å². The lowest BCUT2D eigenvalue weighted by molar-refractivity contribution is 0.0850. The Morgan fingerprint density at radius 1 is 1.28 bits per heavy atom. The number of allylic oxidation sites excluding steroid dienone is 1. The molecule has 0 aromatic heterocycles. The molecule has 2 radical (unpaired) electrons. The molecule has 18 heavy (non-hydrogen) atoms. The van der Waals surface area contributed by atoms with Gasteiger partial charge >= 0.3 is 0 Å². The zero-order valence-corrected chi connectivity index (χ0v) is 13.6. The molecule has 96 valence electrons. The van der Waals surface area contributed by atoms with Crippen molar-refractivity contribution in [2.24, 2.45) is 0 Å². The Labute approximate surface area is 123 Å². The van der Waals surface area contributed by atoms with Crippen LogP contribution < -0.4 is 10.2 Å². The predicted molar refractivity (Wildman–Crippen MR) is 84.9 cm³/mol. The fourth-order valence-electron chi connectivity index (χ4n) is 1.91. The van der Waals surface area contributed by atoms with Gasteiger partial charge in [0.25, 0.3) is 0 Å². The maximum absolute atomic E-state index is 13.2. The summed E-state index contributed by atoms with van der Waals surface area (Å²) >= 11 is 2.15. The van der Waals surface area contributed by atoms with Gasteiger partial charge in [-0.2, -0.15) is 0 Å². The monoisotopic (exact) mass is 358 g/mol. The molecule has 0 aliphatic carbocycles. The normalized spacial score (nSPS) is 13.6. The lowest BCUT2D eigenvalue weighted by atomic mass is 9.79. The van der Waals surface area contributed by atoms with E-state index in [0.717, 1.165) is 27.8 Å². The summed E-state index contributed by atoms with van der Waals surface area (Å²) in [6.45, 7) is 9.21. The minimum atomic E-state index is -1.36. The fraction of sp³-hybridized carbons (Fsp3) is 0.429. The van der Waals surface area contributed by atoms with Crippen molar-refractivity contribution in [2.75, 3.05) is 0 Å². The van der Waals surface area contributed by atoms with E-state index in [0.29, 0.717) is 11.2 Å². The Morgan fingerprint density at radius 3 is 2.28 bits per heavy atom. The van der Waals surface area contributed by atoms with Gasteiger partial charge in [-0.1, -0.05) is 33.6 Å². The van der Waals surface area contributed by atoms with E-state index in [1.807, 2.05) is 31.8 Å². The van der Waals surface area contributed by atoms with Gasteiger partial charge in [-0.25, -0.2) is 4.39 Å². The van der Waals surface area contributed by atoms with Gasteiger partial charge < -0.3 is 4.74 Å². The number of rotatable bonds is 3. The summed E-state index contributed by atoms with van der Waals surface area (Å²) in [6.07, 6.45) is -1.36. The molecule has 0 amide bonds. The molecule has 0 aliphatic rings. The molecule has 0 N–H and O–H groups in total. The van der Waals surface area contributed by atoms with Crippen LogP contribution in [-0.2, 0) is 0 Å². The molecule has 0 aliphatic heterocycles. The van der Waals surface area contributed by atoms with Crippen molar-refractivity contribution in [3.63, 3.8) is 0 Å². The average molecular weight is 358 g/mol. The first kappa shape index (κ1) is 15.5. The second kappa shape index (κ2) is 6.09. The van der Waals surface area contributed by atoms with E-state index in [9.17, 15) is 4.39 Å². The number of ether oxygens (including phenoxy) is 1. The highest BCUT2D eigenvalue weighted by Gasteiger charge is 2.18. The van der Waals surface area contributed by atoms with Gasteiger partial charge in [-0.05, 0) is 48.5 Å². The van der Waals surface area contributed by atoms with Crippen molar-refractivity contribution in [2.45, 2.75) is 41.0 Å². The number of halogens is 2. The van der Waals surface area contributed by atoms with E-state index in [-0.39, 0.29) is 0 Å². The molecule has 0 heterocycles. The van der Waals surface area contributed by atoms with Gasteiger partial charge in [0.15, 0.2) is 0 Å². The van der Waals surface area contributed by atoms with Gasteiger partial charge in [0.1, 0.15) is 13.6 Å². The van der Waals surface area contributed by atoms with E-state index >= 15 is 0 Å². The second-order valence-corrected chi connectivity index (χ2v) is 5.07. The zero-order chi connectivity index (χ0) is 14.0. The molecular weight excluding hydrogens is 341 g/mol. The first-order chi connectivity index (χ1) is 8.31. The molecule has 1 aromatic rings. The largest absolute Gasteiger partial charge is 0.460 e. The van der Waals surface area contributed by atoms with Gasteiger partial charge in [0.05, 0.1) is 0 Å². The molecule has 0 spiro atoms. The van der Waals surface area contributed by atoms with Crippen LogP contribution in [0.5, 0.6) is 5.75 Å². The van der Waals surface area contributed by atoms with Crippen LogP contribution in [-0.4, -0.2) is 14.2 Å². The Kier molecular flexibility index (Phi) is 5.26. The Morgan fingerprint density at radius 2 is 1.83 bits per heavy atom. The highest BCUT2D eigenvalue weighted by molar-refractivity contribution is 14.1. The Hall–Kier alpha value is -0.515. The lowest BCUT2D eigenvalue weighted by Gasteiger charge is -2.22. The first-order valence-corrected chi connectivity index (χ1v) is 7.03. The van der Waals surface area contributed by atoms with E-state index in [2.05, 4.69) is 22.6 Å². The van der Waals surface area contributed by atoms with Crippen molar-refractivity contribution >= 4 is 41.5 Å². The fourth-order valence-corrected chi connectivity index (χ4v) is 2.22. The molecule has 1 unspecified atom stereocenters. The summed E-state index contributed by atoms with van der Waals surface area (Å²) in [6, 6.07) is 0. The summed E-state index contributed by atoms with van der Waals surface area (Å²) in [5.74, 6) is 0.552. The number of alkyl halides is 1. The van der Waals surface area contributed by atoms with E-state index in [1.165, 1.54) is 6.92 Å². The van der Waals surface area contributed by atoms with Crippen LogP contribution in [0.4, 0.5) is 4.39 Å². The predicted octanol–water partition coefficient (Wildman–Crippen LogP) is 3.90. The van der Waals surface area contributed by atoms with E-state index in [1.54, 1.807) is 0 Å². The van der Waals surface area contributed by atoms with Crippen molar-refractivity contribution in [3.8, 4) is 5.75 Å². The van der Waals surface area contributed by atoms with Crippen molar-refractivity contribution < 1.29 is 9.13 Å². The minimum Gasteiger partial charge on any atom is -0.460 e. The molecule has 1 nitrogen and oxygen atoms in total. The maximum Gasteiger partial charge on any atom is 0.235 e. The second-order valence-electron chi connectivity index (χ2n) is 4.45. The molecule has 0 saturated heterocycles. The molecule has 0 fully saturated rings. The summed E-state index contributed by atoms with van der Waals surface area (Å²) in [7, 11) is 6.16. The van der Waals surface area contributed by atoms with Crippen LogP contribution in [0.3, 0.4) is 0 Å². The third-order valence-electron chi connectivity index (χ3n) is 3.20. The van der Waals surface area contributed by atoms with Crippen molar-refractivity contribution in [1.82, 2.24) is 0 Å². The molecule has 1 aromatic carbocycles. The Bertz CT molecular complexity index is 495. The number of hydrogen-bond acceptors (Lipinski definition) is 1. The first-order valence-electron chi connectivity index (χ1n) is 5.78. The smallest absolute Gasteiger partial charge is 0.235 e. The van der Waals surface area contributed by atoms with Crippen molar-refractivity contribution in [3.05, 3.63) is 26.3 Å². The average Bonchev–Trinajstić information content (AvgIpc) is 2.32. The molecule has 4 heteroatoms. The van der Waals surface area contributed by atoms with Crippen LogP contribution in [0.15, 0.2) is 4.08 Å². The topological polar surface area (TPSA) is 9.23 Å². The van der Waals surface area contributed by atoms with Gasteiger partial charge in [-0.15, -0.1) is 0 Å². The number of hydrogen-bond donors (Lipinski definition) is 0. The lowest BCUT2D eigenvalue weighted by Crippen LogP contribution is -2.20. The van der Waals surface area contributed by atoms with Crippen LogP contribution in [0.2, 0.25) is 0 Å². The molecule has 0 bridgehead atoms. The third-order valence-corrected chi connectivity index (χ3v) is 4.14. The molecule has 0 saturated carbocycles. The van der Waals surface area contributed by atoms with Crippen LogP contribution in [0.1, 0.15) is 36.1 Å². The zero-order valence-electron chi connectivity index (χ0n) is 11.4. The van der Waals surface area contributed by atoms with E-state index in [4.69, 9.17) is 12.6 Å². The minimum absolute atomic E-state index is 0.552. The third kappa shape index (κ3) is 2.90. The van der Waals surface area contributed by atoms with Crippen LogP contribution in [0, 0.1) is 20.8 Å². The molecule has 1 rings (SSSR count).